The third-order valence-electron chi connectivity index (χ3n) is 4.78. The number of ether oxygens (including phenoxy) is 2. The summed E-state index contributed by atoms with van der Waals surface area (Å²) in [5.74, 6) is -0.551. The number of nitrogens with one attached hydrogen (secondary N) is 1. The average molecular weight is 392 g/mol. The van der Waals surface area contributed by atoms with Crippen molar-refractivity contribution < 1.29 is 14.3 Å². The van der Waals surface area contributed by atoms with Crippen molar-refractivity contribution >= 4 is 23.3 Å². The van der Waals surface area contributed by atoms with Crippen LogP contribution in [0.3, 0.4) is 0 Å². The van der Waals surface area contributed by atoms with Gasteiger partial charge in [-0.25, -0.2) is 4.79 Å². The first-order valence-electron chi connectivity index (χ1n) is 8.80. The highest BCUT2D eigenvalue weighted by Crippen LogP contribution is 2.26. The summed E-state index contributed by atoms with van der Waals surface area (Å²) in [6.45, 7) is 0. The zero-order valence-corrected chi connectivity index (χ0v) is 16.0. The van der Waals surface area contributed by atoms with Crippen LogP contribution in [0.15, 0.2) is 35.3 Å². The molecule has 1 aliphatic carbocycles. The first-order chi connectivity index (χ1) is 13.0. The van der Waals surface area contributed by atoms with E-state index in [1.807, 2.05) is 0 Å². The van der Waals surface area contributed by atoms with Crippen LogP contribution in [-0.4, -0.2) is 42.1 Å². The first-order valence-corrected chi connectivity index (χ1v) is 9.17. The van der Waals surface area contributed by atoms with Gasteiger partial charge in [-0.05, 0) is 37.8 Å². The molecule has 2 aromatic rings. The minimum Gasteiger partial charge on any atom is -0.465 e. The second-order valence-corrected chi connectivity index (χ2v) is 6.84. The summed E-state index contributed by atoms with van der Waals surface area (Å²) in [4.78, 5) is 24.7. The molecule has 0 amide bonds. The van der Waals surface area contributed by atoms with Gasteiger partial charge in [0, 0.05) is 13.2 Å². The van der Waals surface area contributed by atoms with E-state index in [4.69, 9.17) is 21.1 Å². The largest absolute Gasteiger partial charge is 0.465 e. The van der Waals surface area contributed by atoms with E-state index in [2.05, 4.69) is 10.4 Å². The molecule has 1 aromatic carbocycles. The highest BCUT2D eigenvalue weighted by molar-refractivity contribution is 6.33. The van der Waals surface area contributed by atoms with Gasteiger partial charge in [-0.3, -0.25) is 4.79 Å². The van der Waals surface area contributed by atoms with Gasteiger partial charge in [-0.15, -0.1) is 0 Å². The van der Waals surface area contributed by atoms with Crippen LogP contribution in [0.2, 0.25) is 5.02 Å². The molecule has 0 bridgehead atoms. The van der Waals surface area contributed by atoms with E-state index in [-0.39, 0.29) is 22.7 Å². The maximum Gasteiger partial charge on any atom is 0.340 e. The van der Waals surface area contributed by atoms with E-state index in [0.29, 0.717) is 11.4 Å². The van der Waals surface area contributed by atoms with Gasteiger partial charge in [0.2, 0.25) is 0 Å². The van der Waals surface area contributed by atoms with Gasteiger partial charge in [0.05, 0.1) is 36.3 Å². The number of nitrogens with zero attached hydrogens (tertiary/aromatic N) is 2. The summed E-state index contributed by atoms with van der Waals surface area (Å²) in [5, 5.41) is 7.54. The van der Waals surface area contributed by atoms with Crippen molar-refractivity contribution in [1.82, 2.24) is 9.78 Å². The predicted octanol–water partition coefficient (Wildman–Crippen LogP) is 3.04. The Bertz CT molecular complexity index is 883. The molecule has 8 heteroatoms. The number of para-hydroxylation sites is 1. The van der Waals surface area contributed by atoms with Crippen molar-refractivity contribution in [2.24, 2.45) is 0 Å². The topological polar surface area (TPSA) is 82.5 Å². The number of carbonyl (C=O) groups excluding carboxylic acids is 1. The van der Waals surface area contributed by atoms with E-state index in [9.17, 15) is 9.59 Å². The number of aromatic nitrogens is 2. The highest BCUT2D eigenvalue weighted by Gasteiger charge is 2.23. The Morgan fingerprint density at radius 3 is 2.81 bits per heavy atom. The Kier molecular flexibility index (Phi) is 6.13. The number of esters is 1. The second kappa shape index (κ2) is 8.54. The van der Waals surface area contributed by atoms with Crippen LogP contribution in [0.25, 0.3) is 5.69 Å². The van der Waals surface area contributed by atoms with Crippen LogP contribution in [0.5, 0.6) is 0 Å². The second-order valence-electron chi connectivity index (χ2n) is 6.46. The number of rotatable bonds is 5. The minimum atomic E-state index is -0.551. The molecule has 0 spiro atoms. The third-order valence-corrected chi connectivity index (χ3v) is 5.14. The molecule has 144 valence electrons. The molecule has 1 aliphatic rings. The molecule has 0 aliphatic heterocycles. The zero-order chi connectivity index (χ0) is 19.4. The van der Waals surface area contributed by atoms with Gasteiger partial charge < -0.3 is 14.8 Å². The van der Waals surface area contributed by atoms with Crippen molar-refractivity contribution in [2.45, 2.75) is 37.8 Å². The Balaban J connectivity index is 1.91. The summed E-state index contributed by atoms with van der Waals surface area (Å²) in [6.07, 6.45) is 5.62. The summed E-state index contributed by atoms with van der Waals surface area (Å²) >= 11 is 6.32. The van der Waals surface area contributed by atoms with Crippen molar-refractivity contribution in [3.05, 3.63) is 51.4 Å². The summed E-state index contributed by atoms with van der Waals surface area (Å²) in [6, 6.07) is 6.76. The summed E-state index contributed by atoms with van der Waals surface area (Å²) in [7, 11) is 2.99. The number of benzene rings is 1. The van der Waals surface area contributed by atoms with Crippen LogP contribution < -0.4 is 10.9 Å². The van der Waals surface area contributed by atoms with Gasteiger partial charge >= 0.3 is 5.97 Å². The Hall–Kier alpha value is -2.38. The molecule has 0 saturated heterocycles. The van der Waals surface area contributed by atoms with E-state index in [1.54, 1.807) is 31.4 Å². The Morgan fingerprint density at radius 1 is 1.30 bits per heavy atom. The van der Waals surface area contributed by atoms with Gasteiger partial charge in [-0.2, -0.15) is 9.78 Å². The van der Waals surface area contributed by atoms with E-state index in [0.717, 1.165) is 30.4 Å². The molecule has 1 N–H and O–H groups in total. The standard InChI is InChI=1S/C19H22ClN3O4/c1-26-13-7-5-6-12(10-13)22-15-11-21-23(18(24)17(15)20)16-9-4-3-8-14(16)19(25)27-2/h3-4,8-9,11-13,22H,5-7,10H2,1-2H3. The number of anilines is 1. The molecule has 27 heavy (non-hydrogen) atoms. The summed E-state index contributed by atoms with van der Waals surface area (Å²) in [5.41, 5.74) is 0.536. The van der Waals surface area contributed by atoms with Crippen molar-refractivity contribution in [1.29, 1.82) is 0 Å². The predicted molar refractivity (Wildman–Crippen MR) is 103 cm³/mol. The lowest BCUT2D eigenvalue weighted by molar-refractivity contribution is 0.0600. The fraction of sp³-hybridized carbons (Fsp3) is 0.421. The molecule has 2 unspecified atom stereocenters. The van der Waals surface area contributed by atoms with Crippen molar-refractivity contribution in [3.63, 3.8) is 0 Å². The van der Waals surface area contributed by atoms with Gasteiger partial charge in [0.15, 0.2) is 0 Å². The maximum atomic E-state index is 12.8. The number of carbonyl (C=O) groups is 1. The molecule has 1 saturated carbocycles. The van der Waals surface area contributed by atoms with Crippen LogP contribution in [-0.2, 0) is 9.47 Å². The molecule has 1 heterocycles. The lowest BCUT2D eigenvalue weighted by Gasteiger charge is -2.29. The number of hydrogen-bond acceptors (Lipinski definition) is 6. The number of methoxy groups -OCH3 is 2. The highest BCUT2D eigenvalue weighted by atomic mass is 35.5. The van der Waals surface area contributed by atoms with Crippen LogP contribution >= 0.6 is 11.6 Å². The Labute approximate surface area is 162 Å². The molecule has 3 rings (SSSR count). The average Bonchev–Trinajstić information content (AvgIpc) is 2.71. The lowest BCUT2D eigenvalue weighted by atomic mass is 9.93. The SMILES string of the molecule is COC(=O)c1ccccc1-n1ncc(NC2CCCC(OC)C2)c(Cl)c1=O. The maximum absolute atomic E-state index is 12.8. The monoisotopic (exact) mass is 391 g/mol. The van der Waals surface area contributed by atoms with Gasteiger partial charge in [0.1, 0.15) is 5.02 Å². The van der Waals surface area contributed by atoms with Gasteiger partial charge in [-0.1, -0.05) is 23.7 Å². The minimum absolute atomic E-state index is 0.0317. The van der Waals surface area contributed by atoms with Crippen LogP contribution in [0, 0.1) is 0 Å². The molecular weight excluding hydrogens is 370 g/mol. The quantitative estimate of drug-likeness (QED) is 0.789. The normalized spacial score (nSPS) is 19.5. The molecule has 7 nitrogen and oxygen atoms in total. The molecule has 1 fully saturated rings. The number of hydrogen-bond donors (Lipinski definition) is 1. The Morgan fingerprint density at radius 2 is 2.07 bits per heavy atom. The summed E-state index contributed by atoms with van der Waals surface area (Å²) < 4.78 is 11.3. The number of halogens is 1. The lowest BCUT2D eigenvalue weighted by Crippen LogP contribution is -2.32. The molecule has 1 aromatic heterocycles. The van der Waals surface area contributed by atoms with Crippen LogP contribution in [0.1, 0.15) is 36.0 Å². The van der Waals surface area contributed by atoms with Crippen molar-refractivity contribution in [2.75, 3.05) is 19.5 Å². The first kappa shape index (κ1) is 19.4. The smallest absolute Gasteiger partial charge is 0.340 e. The molecule has 2 atom stereocenters. The fourth-order valence-corrected chi connectivity index (χ4v) is 3.54. The van der Waals surface area contributed by atoms with Crippen LogP contribution in [0.4, 0.5) is 5.69 Å². The van der Waals surface area contributed by atoms with E-state index >= 15 is 0 Å². The van der Waals surface area contributed by atoms with Crippen molar-refractivity contribution in [3.8, 4) is 5.69 Å². The fourth-order valence-electron chi connectivity index (χ4n) is 3.36. The van der Waals surface area contributed by atoms with Gasteiger partial charge in [0.25, 0.3) is 5.56 Å². The molecular formula is C19H22ClN3O4. The van der Waals surface area contributed by atoms with E-state index < -0.39 is 11.5 Å². The molecule has 0 radical (unpaired) electrons. The zero-order valence-electron chi connectivity index (χ0n) is 15.3. The van der Waals surface area contributed by atoms with E-state index in [1.165, 1.54) is 13.3 Å². The third kappa shape index (κ3) is 4.14.